The van der Waals surface area contributed by atoms with Gasteiger partial charge in [0.1, 0.15) is 30.4 Å². The molecule has 5 aliphatic rings. The van der Waals surface area contributed by atoms with Crippen LogP contribution in [-0.2, 0) is 5.41 Å². The van der Waals surface area contributed by atoms with Gasteiger partial charge in [-0.1, -0.05) is 122 Å². The minimum Gasteiger partial charge on any atom is -0.456 e. The molecule has 4 aliphatic heterocycles. The number of hydrogen-bond donors (Lipinski definition) is 0. The van der Waals surface area contributed by atoms with E-state index in [2.05, 4.69) is 199 Å². The second-order valence-electron chi connectivity index (χ2n) is 20.3. The number of benzene rings is 8. The van der Waals surface area contributed by atoms with Crippen LogP contribution in [-0.4, -0.2) is 20.3 Å². The first-order valence-corrected chi connectivity index (χ1v) is 26.5. The van der Waals surface area contributed by atoms with E-state index in [1.807, 2.05) is 0 Å². The van der Waals surface area contributed by atoms with E-state index >= 15 is 0 Å². The Balaban J connectivity index is 1.07. The van der Waals surface area contributed by atoms with Crippen molar-refractivity contribution in [2.24, 2.45) is 0 Å². The summed E-state index contributed by atoms with van der Waals surface area (Å²) in [6, 6.07) is 59.4. The zero-order valence-electron chi connectivity index (χ0n) is 37.1. The first kappa shape index (κ1) is 36.4. The van der Waals surface area contributed by atoms with Gasteiger partial charge < -0.3 is 23.5 Å². The molecule has 0 bridgehead atoms. The average Bonchev–Trinajstić information content (AvgIpc) is 3.95. The minimum absolute atomic E-state index is 0.00952. The van der Waals surface area contributed by atoms with Gasteiger partial charge in [0.25, 0.3) is 6.71 Å². The molecule has 8 aromatic carbocycles. The first-order chi connectivity index (χ1) is 31.7. The third-order valence-corrected chi connectivity index (χ3v) is 20.5. The van der Waals surface area contributed by atoms with Gasteiger partial charge in [0, 0.05) is 84.6 Å². The lowest BCUT2D eigenvalue weighted by atomic mass is 9.33. The highest BCUT2D eigenvalue weighted by molar-refractivity contribution is 7.16. The normalized spacial score (nSPS) is 20.8. The Morgan fingerprint density at radius 1 is 0.462 bits per heavy atom. The van der Waals surface area contributed by atoms with E-state index in [0.717, 1.165) is 61.7 Å². The Labute approximate surface area is 379 Å². The van der Waals surface area contributed by atoms with Gasteiger partial charge in [-0.25, -0.2) is 0 Å². The Kier molecular flexibility index (Phi) is 6.85. The molecular weight excluding hydrogens is 810 g/mol. The second kappa shape index (κ2) is 12.2. The largest absolute Gasteiger partial charge is 0.456 e. The summed E-state index contributed by atoms with van der Waals surface area (Å²) in [5, 5.41) is 7.63. The Morgan fingerprint density at radius 3 is 1.57 bits per heavy atom. The molecule has 65 heavy (non-hydrogen) atoms. The topological polar surface area (TPSA) is 36.0 Å². The fraction of sp³-hybridized carbons (Fsp3) is 0.172. The maximum absolute atomic E-state index is 6.66. The smallest absolute Gasteiger partial charge is 0.251 e. The minimum atomic E-state index is -2.21. The number of hydrogen-bond acceptors (Lipinski definition) is 5. The summed E-state index contributed by atoms with van der Waals surface area (Å²) in [6.07, 6.45) is 4.77. The summed E-state index contributed by atoms with van der Waals surface area (Å²) >= 11 is 0. The summed E-state index contributed by atoms with van der Waals surface area (Å²) in [5.74, 6) is 0. The van der Waals surface area contributed by atoms with Crippen molar-refractivity contribution in [3.63, 3.8) is 0 Å². The van der Waals surface area contributed by atoms with E-state index < -0.39 is 8.07 Å². The Morgan fingerprint density at radius 2 is 0.969 bits per heavy atom. The van der Waals surface area contributed by atoms with Crippen molar-refractivity contribution in [1.29, 1.82) is 0 Å². The highest BCUT2D eigenvalue weighted by Gasteiger charge is 2.58. The number of rotatable bonds is 3. The lowest BCUT2D eigenvalue weighted by Crippen LogP contribution is -2.79. The summed E-state index contributed by atoms with van der Waals surface area (Å²) in [7, 11) is -2.21. The lowest BCUT2D eigenvalue weighted by Gasteiger charge is -2.52. The standard InChI is InChI=1S/C58H46BN3O2Si/c1-57-29-11-12-30-58(57,2)62(43-18-8-7-17-42(43)57)37-31-46-54-47(32-37)61(36-26-28-41-39-16-6-10-22-49(39)64-51(41)34-36)45-20-14-24-53-56(45)59(54)55-44(19-13-23-52(55)65(53,3)4)60(46)35-25-27-40-38-15-5-9-21-48(38)63-50(40)33-35/h5-10,13-28,31-34H,11-12,29-30H2,1-4H3. The van der Waals surface area contributed by atoms with Crippen LogP contribution in [0, 0.1) is 0 Å². The van der Waals surface area contributed by atoms with Crippen LogP contribution in [0.3, 0.4) is 0 Å². The highest BCUT2D eigenvalue weighted by atomic mass is 28.3. The predicted octanol–water partition coefficient (Wildman–Crippen LogP) is 12.4. The van der Waals surface area contributed by atoms with Crippen LogP contribution in [0.2, 0.25) is 13.1 Å². The van der Waals surface area contributed by atoms with E-state index in [1.165, 1.54) is 85.7 Å². The van der Waals surface area contributed by atoms with Crippen molar-refractivity contribution >= 4 is 131 Å². The quantitative estimate of drug-likeness (QED) is 0.165. The monoisotopic (exact) mass is 855 g/mol. The average molecular weight is 856 g/mol. The van der Waals surface area contributed by atoms with E-state index in [9.17, 15) is 0 Å². The van der Waals surface area contributed by atoms with Gasteiger partial charge in [0.2, 0.25) is 0 Å². The van der Waals surface area contributed by atoms with Crippen LogP contribution in [0.1, 0.15) is 45.1 Å². The molecule has 2 unspecified atom stereocenters. The maximum atomic E-state index is 6.66. The number of furan rings is 2. The SMILES string of the molecule is CC12CCCCC1(C)N(c1cc3c4c(c1)N(c1ccc5c(c1)oc1ccccc15)c1cccc5c1B4c1c(cccc1[Si]5(C)C)N3c1ccc3c(c1)oc1ccccc13)c1ccccc12. The van der Waals surface area contributed by atoms with Crippen LogP contribution < -0.4 is 41.5 Å². The molecule has 1 aliphatic carbocycles. The molecule has 5 nitrogen and oxygen atoms in total. The molecule has 2 atom stereocenters. The molecule has 15 rings (SSSR count). The van der Waals surface area contributed by atoms with Crippen LogP contribution in [0.4, 0.5) is 45.5 Å². The fourth-order valence-corrected chi connectivity index (χ4v) is 17.0. The third-order valence-electron chi connectivity index (χ3n) is 17.0. The summed E-state index contributed by atoms with van der Waals surface area (Å²) in [4.78, 5) is 7.95. The Hall–Kier alpha value is -6.96. The van der Waals surface area contributed by atoms with Crippen molar-refractivity contribution in [1.82, 2.24) is 0 Å². The van der Waals surface area contributed by atoms with E-state index in [4.69, 9.17) is 8.83 Å². The van der Waals surface area contributed by atoms with Crippen LogP contribution >= 0.6 is 0 Å². The van der Waals surface area contributed by atoms with Gasteiger partial charge in [0.15, 0.2) is 0 Å². The number of nitrogens with zero attached hydrogens (tertiary/aromatic N) is 3. The molecule has 0 spiro atoms. The van der Waals surface area contributed by atoms with Crippen LogP contribution in [0.5, 0.6) is 0 Å². The fourth-order valence-electron chi connectivity index (χ4n) is 13.8. The molecule has 0 radical (unpaired) electrons. The van der Waals surface area contributed by atoms with Crippen LogP contribution in [0.25, 0.3) is 43.9 Å². The summed E-state index contributed by atoms with van der Waals surface area (Å²) in [5.41, 5.74) is 19.1. The van der Waals surface area contributed by atoms with Crippen LogP contribution in [0.15, 0.2) is 167 Å². The van der Waals surface area contributed by atoms with Crippen molar-refractivity contribution in [3.8, 4) is 0 Å². The Bertz CT molecular complexity index is 3560. The van der Waals surface area contributed by atoms with Crippen molar-refractivity contribution in [2.45, 2.75) is 63.6 Å². The molecule has 1 saturated carbocycles. The molecule has 0 saturated heterocycles. The van der Waals surface area contributed by atoms with E-state index in [0.29, 0.717) is 0 Å². The zero-order valence-corrected chi connectivity index (χ0v) is 38.1. The van der Waals surface area contributed by atoms with Crippen molar-refractivity contribution < 1.29 is 8.83 Å². The van der Waals surface area contributed by atoms with Gasteiger partial charge in [-0.2, -0.15) is 0 Å². The van der Waals surface area contributed by atoms with E-state index in [-0.39, 0.29) is 17.7 Å². The van der Waals surface area contributed by atoms with Gasteiger partial charge in [0.05, 0.1) is 5.54 Å². The molecule has 6 heterocycles. The van der Waals surface area contributed by atoms with Crippen molar-refractivity contribution in [2.75, 3.05) is 14.7 Å². The molecular formula is C58H46BN3O2Si. The number of anilines is 8. The lowest BCUT2D eigenvalue weighted by molar-refractivity contribution is 0.195. The maximum Gasteiger partial charge on any atom is 0.251 e. The molecule has 1 fully saturated rings. The highest BCUT2D eigenvalue weighted by Crippen LogP contribution is 2.61. The third kappa shape index (κ3) is 4.41. The first-order valence-electron chi connectivity index (χ1n) is 23.5. The molecule has 0 N–H and O–H groups in total. The summed E-state index contributed by atoms with van der Waals surface area (Å²) in [6.45, 7) is 10.3. The molecule has 2 aromatic heterocycles. The predicted molar refractivity (Wildman–Crippen MR) is 275 cm³/mol. The summed E-state index contributed by atoms with van der Waals surface area (Å²) < 4.78 is 13.3. The molecule has 7 heteroatoms. The molecule has 312 valence electrons. The second-order valence-corrected chi connectivity index (χ2v) is 24.7. The van der Waals surface area contributed by atoms with Crippen molar-refractivity contribution in [3.05, 3.63) is 163 Å². The number of para-hydroxylation sites is 3. The van der Waals surface area contributed by atoms with Gasteiger partial charge >= 0.3 is 0 Å². The zero-order chi connectivity index (χ0) is 43.1. The molecule has 10 aromatic rings. The van der Waals surface area contributed by atoms with Gasteiger partial charge in [-0.3, -0.25) is 0 Å². The number of fused-ring (bicyclic) bond motifs is 9. The van der Waals surface area contributed by atoms with Gasteiger partial charge in [-0.15, -0.1) is 0 Å². The van der Waals surface area contributed by atoms with E-state index in [1.54, 1.807) is 0 Å². The van der Waals surface area contributed by atoms with Gasteiger partial charge in [-0.05, 0) is 108 Å². The molecule has 0 amide bonds.